The predicted octanol–water partition coefficient (Wildman–Crippen LogP) is 2.30. The number of halogens is 2. The molecule has 0 radical (unpaired) electrons. The van der Waals surface area contributed by atoms with Gasteiger partial charge in [0, 0.05) is 30.0 Å². The molecule has 0 aliphatic heterocycles. The van der Waals surface area contributed by atoms with Crippen molar-refractivity contribution in [3.05, 3.63) is 24.0 Å². The second-order valence-corrected chi connectivity index (χ2v) is 4.45. The number of rotatable bonds is 2. The molecule has 18 heavy (non-hydrogen) atoms. The van der Waals surface area contributed by atoms with Gasteiger partial charge in [-0.1, -0.05) is 0 Å². The monoisotopic (exact) mass is 291 g/mol. The number of hydrogen-bond acceptors (Lipinski definition) is 3. The van der Waals surface area contributed by atoms with E-state index in [9.17, 15) is 4.79 Å². The molecule has 1 aliphatic rings. The molecule has 1 aliphatic carbocycles. The highest BCUT2D eigenvalue weighted by atomic mass is 35.5. The molecule has 1 saturated carbocycles. The molecule has 6 heteroatoms. The van der Waals surface area contributed by atoms with Crippen molar-refractivity contribution in [2.24, 2.45) is 11.7 Å². The van der Waals surface area contributed by atoms with Crippen molar-refractivity contribution in [1.82, 2.24) is 4.98 Å². The Morgan fingerprint density at radius 2 is 2.17 bits per heavy atom. The summed E-state index contributed by atoms with van der Waals surface area (Å²) in [5, 5.41) is 2.94. The Morgan fingerprint density at radius 1 is 1.44 bits per heavy atom. The molecule has 2 unspecified atom stereocenters. The number of pyridine rings is 1. The SMILES string of the molecule is Cc1cnccc1NC(=O)C1CCC(N)C1.Cl.Cl. The fraction of sp³-hybridized carbons (Fsp3) is 0.500. The van der Waals surface area contributed by atoms with Gasteiger partial charge in [-0.25, -0.2) is 0 Å². The van der Waals surface area contributed by atoms with Gasteiger partial charge in [-0.15, -0.1) is 24.8 Å². The van der Waals surface area contributed by atoms with Gasteiger partial charge in [0.2, 0.25) is 5.91 Å². The summed E-state index contributed by atoms with van der Waals surface area (Å²) in [6, 6.07) is 2.01. The second-order valence-electron chi connectivity index (χ2n) is 4.45. The number of carbonyl (C=O) groups is 1. The third-order valence-corrected chi connectivity index (χ3v) is 3.12. The van der Waals surface area contributed by atoms with Crippen LogP contribution in [0.4, 0.5) is 5.69 Å². The summed E-state index contributed by atoms with van der Waals surface area (Å²) in [6.07, 6.45) is 6.08. The van der Waals surface area contributed by atoms with E-state index >= 15 is 0 Å². The lowest BCUT2D eigenvalue weighted by Crippen LogP contribution is -2.23. The maximum absolute atomic E-state index is 11.9. The Morgan fingerprint density at radius 3 is 2.72 bits per heavy atom. The van der Waals surface area contributed by atoms with E-state index in [1.54, 1.807) is 12.4 Å². The van der Waals surface area contributed by atoms with Crippen molar-refractivity contribution in [1.29, 1.82) is 0 Å². The van der Waals surface area contributed by atoms with E-state index in [4.69, 9.17) is 5.73 Å². The summed E-state index contributed by atoms with van der Waals surface area (Å²) in [6.45, 7) is 1.93. The number of nitrogens with zero attached hydrogens (tertiary/aromatic N) is 1. The van der Waals surface area contributed by atoms with Crippen LogP contribution in [0.25, 0.3) is 0 Å². The number of nitrogens with two attached hydrogens (primary N) is 1. The first-order chi connectivity index (χ1) is 7.66. The number of aromatic nitrogens is 1. The molecule has 3 N–H and O–H groups in total. The van der Waals surface area contributed by atoms with Crippen molar-refractivity contribution in [3.63, 3.8) is 0 Å². The number of nitrogens with one attached hydrogen (secondary N) is 1. The molecule has 0 saturated heterocycles. The molecular formula is C12H19Cl2N3O. The Bertz CT molecular complexity index is 401. The molecule has 0 spiro atoms. The van der Waals surface area contributed by atoms with Gasteiger partial charge in [-0.3, -0.25) is 9.78 Å². The topological polar surface area (TPSA) is 68.0 Å². The van der Waals surface area contributed by atoms with Crippen LogP contribution in [0.5, 0.6) is 0 Å². The van der Waals surface area contributed by atoms with Gasteiger partial charge < -0.3 is 11.1 Å². The molecule has 1 aromatic heterocycles. The summed E-state index contributed by atoms with van der Waals surface area (Å²) in [5.74, 6) is 0.157. The normalized spacial score (nSPS) is 21.7. The molecule has 1 fully saturated rings. The number of amides is 1. The molecule has 1 amide bonds. The van der Waals surface area contributed by atoms with E-state index in [2.05, 4.69) is 10.3 Å². The van der Waals surface area contributed by atoms with Crippen LogP contribution < -0.4 is 11.1 Å². The van der Waals surface area contributed by atoms with Crippen molar-refractivity contribution in [3.8, 4) is 0 Å². The Kier molecular flexibility index (Phi) is 7.21. The minimum absolute atomic E-state index is 0. The molecule has 1 aromatic rings. The predicted molar refractivity (Wildman–Crippen MR) is 77.4 cm³/mol. The zero-order valence-electron chi connectivity index (χ0n) is 10.3. The summed E-state index contributed by atoms with van der Waals surface area (Å²) >= 11 is 0. The van der Waals surface area contributed by atoms with E-state index in [1.807, 2.05) is 13.0 Å². The minimum Gasteiger partial charge on any atom is -0.328 e. The zero-order valence-corrected chi connectivity index (χ0v) is 11.9. The number of hydrogen-bond donors (Lipinski definition) is 2. The van der Waals surface area contributed by atoms with Gasteiger partial charge >= 0.3 is 0 Å². The average molecular weight is 292 g/mol. The van der Waals surface area contributed by atoms with Crippen molar-refractivity contribution >= 4 is 36.4 Å². The van der Waals surface area contributed by atoms with Crippen LogP contribution in [0.2, 0.25) is 0 Å². The molecule has 0 aromatic carbocycles. The van der Waals surface area contributed by atoms with Gasteiger partial charge in [0.05, 0.1) is 0 Å². The van der Waals surface area contributed by atoms with Crippen LogP contribution in [0.1, 0.15) is 24.8 Å². The summed E-state index contributed by atoms with van der Waals surface area (Å²) in [4.78, 5) is 15.9. The summed E-state index contributed by atoms with van der Waals surface area (Å²) in [5.41, 5.74) is 7.63. The van der Waals surface area contributed by atoms with E-state index in [0.717, 1.165) is 30.5 Å². The van der Waals surface area contributed by atoms with Gasteiger partial charge in [0.1, 0.15) is 0 Å². The molecule has 102 valence electrons. The molecule has 4 nitrogen and oxygen atoms in total. The Balaban J connectivity index is 0.00000144. The highest BCUT2D eigenvalue weighted by Gasteiger charge is 2.27. The quantitative estimate of drug-likeness (QED) is 0.879. The average Bonchev–Trinajstić information content (AvgIpc) is 2.68. The molecule has 2 rings (SSSR count). The lowest BCUT2D eigenvalue weighted by molar-refractivity contribution is -0.119. The zero-order chi connectivity index (χ0) is 11.5. The maximum Gasteiger partial charge on any atom is 0.227 e. The Labute approximate surface area is 120 Å². The molecular weight excluding hydrogens is 273 g/mol. The van der Waals surface area contributed by atoms with Crippen LogP contribution in [0.3, 0.4) is 0 Å². The third-order valence-electron chi connectivity index (χ3n) is 3.12. The van der Waals surface area contributed by atoms with Gasteiger partial charge in [0.15, 0.2) is 0 Å². The first kappa shape index (κ1) is 17.2. The van der Waals surface area contributed by atoms with E-state index < -0.39 is 0 Å². The first-order valence-corrected chi connectivity index (χ1v) is 5.64. The minimum atomic E-state index is 0. The van der Waals surface area contributed by atoms with Gasteiger partial charge in [-0.2, -0.15) is 0 Å². The molecule has 1 heterocycles. The highest BCUT2D eigenvalue weighted by Crippen LogP contribution is 2.25. The standard InChI is InChI=1S/C12H17N3O.2ClH/c1-8-7-14-5-4-11(8)15-12(16)9-2-3-10(13)6-9;;/h4-5,7,9-10H,2-3,6,13H2,1H3,(H,14,15,16);2*1H. The summed E-state index contributed by atoms with van der Waals surface area (Å²) in [7, 11) is 0. The first-order valence-electron chi connectivity index (χ1n) is 5.64. The number of aryl methyl sites for hydroxylation is 1. The second kappa shape index (κ2) is 7.56. The maximum atomic E-state index is 11.9. The van der Waals surface area contributed by atoms with Crippen LogP contribution in [-0.4, -0.2) is 16.9 Å². The van der Waals surface area contributed by atoms with Gasteiger partial charge in [0.25, 0.3) is 0 Å². The number of anilines is 1. The van der Waals surface area contributed by atoms with E-state index in [-0.39, 0.29) is 42.7 Å². The molecule has 2 atom stereocenters. The lowest BCUT2D eigenvalue weighted by Gasteiger charge is -2.12. The van der Waals surface area contributed by atoms with Gasteiger partial charge in [-0.05, 0) is 37.8 Å². The third kappa shape index (κ3) is 4.12. The molecule has 0 bridgehead atoms. The largest absolute Gasteiger partial charge is 0.328 e. The summed E-state index contributed by atoms with van der Waals surface area (Å²) < 4.78 is 0. The van der Waals surface area contributed by atoms with Crippen molar-refractivity contribution in [2.75, 3.05) is 5.32 Å². The Hall–Kier alpha value is -0.840. The number of carbonyl (C=O) groups excluding carboxylic acids is 1. The fourth-order valence-electron chi connectivity index (χ4n) is 2.10. The fourth-order valence-corrected chi connectivity index (χ4v) is 2.10. The van der Waals surface area contributed by atoms with Crippen molar-refractivity contribution < 1.29 is 4.79 Å². The van der Waals surface area contributed by atoms with Crippen LogP contribution >= 0.6 is 24.8 Å². The lowest BCUT2D eigenvalue weighted by atomic mass is 10.1. The van der Waals surface area contributed by atoms with E-state index in [0.29, 0.717) is 0 Å². The highest BCUT2D eigenvalue weighted by molar-refractivity contribution is 5.93. The van der Waals surface area contributed by atoms with Crippen LogP contribution in [0.15, 0.2) is 18.5 Å². The van der Waals surface area contributed by atoms with Crippen molar-refractivity contribution in [2.45, 2.75) is 32.2 Å². The smallest absolute Gasteiger partial charge is 0.227 e. The van der Waals surface area contributed by atoms with Crippen LogP contribution in [0, 0.1) is 12.8 Å². The van der Waals surface area contributed by atoms with E-state index in [1.165, 1.54) is 0 Å². The van der Waals surface area contributed by atoms with Crippen LogP contribution in [-0.2, 0) is 4.79 Å².